The van der Waals surface area contributed by atoms with Crippen LogP contribution in [0, 0.1) is 5.82 Å². The zero-order valence-electron chi connectivity index (χ0n) is 8.42. The fourth-order valence-corrected chi connectivity index (χ4v) is 1.85. The topological polar surface area (TPSA) is 25.8 Å². The Morgan fingerprint density at radius 1 is 1.29 bits per heavy atom. The molecule has 0 bridgehead atoms. The molecule has 0 aliphatic carbocycles. The van der Waals surface area contributed by atoms with Gasteiger partial charge in [0.15, 0.2) is 0 Å². The van der Waals surface area contributed by atoms with Gasteiger partial charge < -0.3 is 0 Å². The maximum atomic E-state index is 13.6. The van der Waals surface area contributed by atoms with E-state index < -0.39 is 5.82 Å². The molecule has 2 nitrogen and oxygen atoms in total. The molecule has 0 aliphatic rings. The van der Waals surface area contributed by atoms with Crippen molar-refractivity contribution < 1.29 is 4.39 Å². The van der Waals surface area contributed by atoms with Crippen molar-refractivity contribution >= 4 is 39.1 Å². The van der Waals surface area contributed by atoms with Gasteiger partial charge in [0.1, 0.15) is 16.8 Å². The third-order valence-electron chi connectivity index (χ3n) is 2.13. The Kier molecular flexibility index (Phi) is 3.97. The summed E-state index contributed by atoms with van der Waals surface area (Å²) >= 11 is 14.7. The van der Waals surface area contributed by atoms with Gasteiger partial charge in [-0.1, -0.05) is 35.3 Å². The van der Waals surface area contributed by atoms with Gasteiger partial charge in [0.2, 0.25) is 0 Å². The van der Waals surface area contributed by atoms with Crippen LogP contribution in [0.15, 0.2) is 28.9 Å². The molecule has 0 atom stereocenters. The van der Waals surface area contributed by atoms with E-state index in [0.29, 0.717) is 21.0 Å². The molecular formula is C11H6BrCl2FN2. The third-order valence-corrected chi connectivity index (χ3v) is 3.52. The molecule has 0 fully saturated rings. The monoisotopic (exact) mass is 334 g/mol. The molecule has 2 aromatic rings. The zero-order chi connectivity index (χ0) is 12.4. The SMILES string of the molecule is Fc1c(Cl)cccc1Cc1ncc(Br)c(Cl)n1. The van der Waals surface area contributed by atoms with Crippen LogP contribution in [0.3, 0.4) is 0 Å². The van der Waals surface area contributed by atoms with Crippen LogP contribution >= 0.6 is 39.1 Å². The summed E-state index contributed by atoms with van der Waals surface area (Å²) in [6, 6.07) is 4.82. The van der Waals surface area contributed by atoms with E-state index in [0.717, 1.165) is 0 Å². The summed E-state index contributed by atoms with van der Waals surface area (Å²) in [6.45, 7) is 0. The lowest BCUT2D eigenvalue weighted by atomic mass is 10.1. The highest BCUT2D eigenvalue weighted by molar-refractivity contribution is 9.10. The number of benzene rings is 1. The first-order valence-electron chi connectivity index (χ1n) is 4.67. The van der Waals surface area contributed by atoms with E-state index >= 15 is 0 Å². The van der Waals surface area contributed by atoms with Crippen molar-refractivity contribution in [2.24, 2.45) is 0 Å². The molecule has 0 amide bonds. The van der Waals surface area contributed by atoms with Crippen LogP contribution in [0.5, 0.6) is 0 Å². The van der Waals surface area contributed by atoms with Gasteiger partial charge in [0.25, 0.3) is 0 Å². The number of halogens is 4. The minimum atomic E-state index is -0.447. The van der Waals surface area contributed by atoms with Crippen LogP contribution in [-0.2, 0) is 6.42 Å². The molecule has 0 radical (unpaired) electrons. The van der Waals surface area contributed by atoms with Gasteiger partial charge in [0.05, 0.1) is 9.50 Å². The summed E-state index contributed by atoms with van der Waals surface area (Å²) in [5.41, 5.74) is 0.441. The van der Waals surface area contributed by atoms with E-state index in [4.69, 9.17) is 23.2 Å². The van der Waals surface area contributed by atoms with Crippen molar-refractivity contribution in [2.45, 2.75) is 6.42 Å². The second-order valence-electron chi connectivity index (χ2n) is 3.31. The molecular weight excluding hydrogens is 330 g/mol. The normalized spacial score (nSPS) is 10.6. The third kappa shape index (κ3) is 2.94. The van der Waals surface area contributed by atoms with E-state index in [-0.39, 0.29) is 11.4 Å². The first kappa shape index (κ1) is 12.7. The largest absolute Gasteiger partial charge is 0.240 e. The first-order chi connectivity index (χ1) is 8.08. The number of hydrogen-bond acceptors (Lipinski definition) is 2. The van der Waals surface area contributed by atoms with Gasteiger partial charge in [-0.25, -0.2) is 14.4 Å². The van der Waals surface area contributed by atoms with Gasteiger partial charge in [-0.05, 0) is 27.6 Å². The van der Waals surface area contributed by atoms with E-state index in [2.05, 4.69) is 25.9 Å². The Morgan fingerprint density at radius 2 is 2.06 bits per heavy atom. The van der Waals surface area contributed by atoms with Crippen molar-refractivity contribution in [1.82, 2.24) is 9.97 Å². The smallest absolute Gasteiger partial charge is 0.146 e. The average molecular weight is 336 g/mol. The van der Waals surface area contributed by atoms with Crippen LogP contribution in [0.25, 0.3) is 0 Å². The Labute approximate surface area is 116 Å². The molecule has 1 aromatic heterocycles. The number of rotatable bonds is 2. The molecule has 0 spiro atoms. The summed E-state index contributed by atoms with van der Waals surface area (Å²) in [5.74, 6) is -0.00354. The van der Waals surface area contributed by atoms with Crippen LogP contribution in [0.2, 0.25) is 10.2 Å². The summed E-state index contributed by atoms with van der Waals surface area (Å²) in [4.78, 5) is 8.09. The molecule has 0 saturated carbocycles. The van der Waals surface area contributed by atoms with Crippen LogP contribution in [0.1, 0.15) is 11.4 Å². The molecule has 0 aliphatic heterocycles. The van der Waals surface area contributed by atoms with Crippen molar-refractivity contribution in [3.8, 4) is 0 Å². The number of hydrogen-bond donors (Lipinski definition) is 0. The Hall–Kier alpha value is -0.710. The van der Waals surface area contributed by atoms with Crippen molar-refractivity contribution in [3.05, 3.63) is 56.2 Å². The van der Waals surface area contributed by atoms with E-state index in [9.17, 15) is 4.39 Å². The summed E-state index contributed by atoms with van der Waals surface area (Å²) in [7, 11) is 0. The second-order valence-corrected chi connectivity index (χ2v) is 4.93. The second kappa shape index (κ2) is 5.29. The van der Waals surface area contributed by atoms with Crippen molar-refractivity contribution in [2.75, 3.05) is 0 Å². The molecule has 2 rings (SSSR count). The van der Waals surface area contributed by atoms with E-state index in [1.807, 2.05) is 0 Å². The summed E-state index contributed by atoms with van der Waals surface area (Å²) < 4.78 is 14.2. The predicted octanol–water partition coefficient (Wildman–Crippen LogP) is 4.28. The molecule has 0 unspecified atom stereocenters. The maximum absolute atomic E-state index is 13.6. The zero-order valence-corrected chi connectivity index (χ0v) is 11.5. The highest BCUT2D eigenvalue weighted by Gasteiger charge is 2.09. The van der Waals surface area contributed by atoms with Crippen molar-refractivity contribution in [1.29, 1.82) is 0 Å². The molecule has 6 heteroatoms. The molecule has 1 heterocycles. The fraction of sp³-hybridized carbons (Fsp3) is 0.0909. The van der Waals surface area contributed by atoms with E-state index in [1.165, 1.54) is 12.3 Å². The Bertz CT molecular complexity index is 563. The first-order valence-corrected chi connectivity index (χ1v) is 6.22. The average Bonchev–Trinajstić information content (AvgIpc) is 2.30. The molecule has 17 heavy (non-hydrogen) atoms. The van der Waals surface area contributed by atoms with Crippen molar-refractivity contribution in [3.63, 3.8) is 0 Å². The minimum absolute atomic E-state index is 0.0886. The van der Waals surface area contributed by atoms with Gasteiger partial charge in [-0.15, -0.1) is 0 Å². The number of nitrogens with zero attached hydrogens (tertiary/aromatic N) is 2. The molecule has 88 valence electrons. The lowest BCUT2D eigenvalue weighted by Gasteiger charge is -2.04. The highest BCUT2D eigenvalue weighted by atomic mass is 79.9. The highest BCUT2D eigenvalue weighted by Crippen LogP contribution is 2.22. The lowest BCUT2D eigenvalue weighted by Crippen LogP contribution is -1.99. The van der Waals surface area contributed by atoms with Gasteiger partial charge in [-0.3, -0.25) is 0 Å². The van der Waals surface area contributed by atoms with Crippen LogP contribution < -0.4 is 0 Å². The lowest BCUT2D eigenvalue weighted by molar-refractivity contribution is 0.612. The summed E-state index contributed by atoms with van der Waals surface area (Å²) in [6.07, 6.45) is 1.78. The van der Waals surface area contributed by atoms with Gasteiger partial charge in [-0.2, -0.15) is 0 Å². The molecule has 0 N–H and O–H groups in total. The molecule has 0 saturated heterocycles. The predicted molar refractivity (Wildman–Crippen MR) is 69.0 cm³/mol. The standard InChI is InChI=1S/C11H6BrCl2FN2/c12-7-5-16-9(17-11(7)14)4-6-2-1-3-8(13)10(6)15/h1-3,5H,4H2. The summed E-state index contributed by atoms with van der Waals surface area (Å²) in [5, 5.41) is 0.392. The fourth-order valence-electron chi connectivity index (χ4n) is 1.32. The maximum Gasteiger partial charge on any atom is 0.146 e. The number of aromatic nitrogens is 2. The van der Waals surface area contributed by atoms with Crippen LogP contribution in [0.4, 0.5) is 4.39 Å². The Morgan fingerprint density at radius 3 is 2.76 bits per heavy atom. The molecule has 1 aromatic carbocycles. The Balaban J connectivity index is 2.31. The van der Waals surface area contributed by atoms with E-state index in [1.54, 1.807) is 12.1 Å². The van der Waals surface area contributed by atoms with Gasteiger partial charge in [0, 0.05) is 12.6 Å². The van der Waals surface area contributed by atoms with Crippen LogP contribution in [-0.4, -0.2) is 9.97 Å². The quantitative estimate of drug-likeness (QED) is 0.766. The van der Waals surface area contributed by atoms with Gasteiger partial charge >= 0.3 is 0 Å². The minimum Gasteiger partial charge on any atom is -0.240 e.